The molecular weight excluding hydrogens is 325 g/mol. The third-order valence-corrected chi connectivity index (χ3v) is 3.22. The van der Waals surface area contributed by atoms with Gasteiger partial charge in [-0.1, -0.05) is 6.07 Å². The van der Waals surface area contributed by atoms with E-state index >= 15 is 0 Å². The third kappa shape index (κ3) is 3.17. The molecule has 1 amide bonds. The van der Waals surface area contributed by atoms with Crippen molar-refractivity contribution in [2.45, 2.75) is 6.18 Å². The molecule has 1 heterocycles. The van der Waals surface area contributed by atoms with Crippen molar-refractivity contribution >= 4 is 22.7 Å². The number of amides is 1. The lowest BCUT2D eigenvalue weighted by molar-refractivity contribution is -0.167. The second-order valence-electron chi connectivity index (χ2n) is 4.89. The van der Waals surface area contributed by atoms with Crippen molar-refractivity contribution in [3.63, 3.8) is 0 Å². The summed E-state index contributed by atoms with van der Waals surface area (Å²) in [5.41, 5.74) is 1.35. The van der Waals surface area contributed by atoms with Crippen molar-refractivity contribution < 1.29 is 27.1 Å². The maximum atomic E-state index is 12.3. The maximum Gasteiger partial charge on any atom is 0.471 e. The van der Waals surface area contributed by atoms with Gasteiger partial charge in [0.05, 0.1) is 7.11 Å². The van der Waals surface area contributed by atoms with E-state index < -0.39 is 12.1 Å². The number of anilines is 1. The van der Waals surface area contributed by atoms with E-state index in [9.17, 15) is 18.0 Å². The Morgan fingerprint density at radius 3 is 2.71 bits per heavy atom. The van der Waals surface area contributed by atoms with Crippen LogP contribution in [0.15, 0.2) is 46.9 Å². The first-order chi connectivity index (χ1) is 11.4. The van der Waals surface area contributed by atoms with Crippen LogP contribution in [0.5, 0.6) is 5.75 Å². The molecule has 24 heavy (non-hydrogen) atoms. The molecular formula is C16H11F3N2O3. The first kappa shape index (κ1) is 15.9. The van der Waals surface area contributed by atoms with Crippen LogP contribution in [-0.2, 0) is 4.79 Å². The van der Waals surface area contributed by atoms with Crippen LogP contribution in [0.4, 0.5) is 18.9 Å². The van der Waals surface area contributed by atoms with Crippen LogP contribution in [0.1, 0.15) is 0 Å². The number of benzene rings is 2. The van der Waals surface area contributed by atoms with E-state index in [-0.39, 0.29) is 5.69 Å². The molecule has 3 aromatic rings. The summed E-state index contributed by atoms with van der Waals surface area (Å²) in [5.74, 6) is -1.13. The number of carbonyl (C=O) groups is 1. The molecule has 0 fully saturated rings. The Morgan fingerprint density at radius 2 is 2.00 bits per heavy atom. The van der Waals surface area contributed by atoms with Gasteiger partial charge in [0.2, 0.25) is 5.89 Å². The van der Waals surface area contributed by atoms with Crippen LogP contribution in [0.25, 0.3) is 22.6 Å². The first-order valence-corrected chi connectivity index (χ1v) is 6.80. The van der Waals surface area contributed by atoms with Crippen molar-refractivity contribution in [2.75, 3.05) is 12.4 Å². The van der Waals surface area contributed by atoms with Gasteiger partial charge in [-0.3, -0.25) is 4.79 Å². The number of rotatable bonds is 3. The fourth-order valence-electron chi connectivity index (χ4n) is 2.09. The zero-order chi connectivity index (χ0) is 17.3. The van der Waals surface area contributed by atoms with Gasteiger partial charge in [0.25, 0.3) is 0 Å². The van der Waals surface area contributed by atoms with E-state index in [0.717, 1.165) is 0 Å². The van der Waals surface area contributed by atoms with Crippen molar-refractivity contribution in [1.82, 2.24) is 4.98 Å². The molecule has 1 N–H and O–H groups in total. The molecule has 0 aliphatic heterocycles. The molecule has 124 valence electrons. The lowest BCUT2D eigenvalue weighted by Crippen LogP contribution is -2.29. The van der Waals surface area contributed by atoms with Crippen molar-refractivity contribution in [2.24, 2.45) is 0 Å². The summed E-state index contributed by atoms with van der Waals surface area (Å²) < 4.78 is 47.6. The smallest absolute Gasteiger partial charge is 0.471 e. The molecule has 0 aliphatic rings. The largest absolute Gasteiger partial charge is 0.497 e. The second-order valence-corrected chi connectivity index (χ2v) is 4.89. The molecule has 0 radical (unpaired) electrons. The molecule has 0 saturated heterocycles. The Balaban J connectivity index is 1.93. The zero-order valence-electron chi connectivity index (χ0n) is 12.3. The minimum Gasteiger partial charge on any atom is -0.497 e. The number of ether oxygens (including phenoxy) is 1. The summed E-state index contributed by atoms with van der Waals surface area (Å²) in [5, 5.41) is 1.78. The van der Waals surface area contributed by atoms with Crippen molar-refractivity contribution in [3.8, 4) is 17.2 Å². The van der Waals surface area contributed by atoms with Gasteiger partial charge in [0.15, 0.2) is 5.58 Å². The number of halogens is 3. The summed E-state index contributed by atoms with van der Waals surface area (Å²) in [7, 11) is 1.53. The molecule has 0 bridgehead atoms. The number of hydrogen-bond donors (Lipinski definition) is 1. The molecule has 0 aliphatic carbocycles. The van der Waals surface area contributed by atoms with Gasteiger partial charge in [-0.15, -0.1) is 0 Å². The van der Waals surface area contributed by atoms with E-state index in [2.05, 4.69) is 4.98 Å². The van der Waals surface area contributed by atoms with Crippen LogP contribution < -0.4 is 10.1 Å². The second kappa shape index (κ2) is 5.88. The number of fused-ring (bicyclic) bond motifs is 1. The highest BCUT2D eigenvalue weighted by atomic mass is 19.4. The van der Waals surface area contributed by atoms with Crippen LogP contribution in [0, 0.1) is 0 Å². The molecule has 8 heteroatoms. The van der Waals surface area contributed by atoms with Crippen LogP contribution in [-0.4, -0.2) is 24.2 Å². The number of hydrogen-bond acceptors (Lipinski definition) is 4. The standard InChI is InChI=1S/C16H11F3N2O3/c1-23-11-4-2-3-9(7-11)14-21-12-8-10(5-6-13(12)24-14)20-15(22)16(17,18)19/h2-8H,1H3,(H,20,22). The summed E-state index contributed by atoms with van der Waals surface area (Å²) in [6, 6.07) is 11.1. The minimum absolute atomic E-state index is 0.0182. The lowest BCUT2D eigenvalue weighted by atomic mass is 10.2. The molecule has 2 aromatic carbocycles. The number of alkyl halides is 3. The quantitative estimate of drug-likeness (QED) is 0.785. The molecule has 3 rings (SSSR count). The van der Waals surface area contributed by atoms with Gasteiger partial charge >= 0.3 is 12.1 Å². The molecule has 0 atom stereocenters. The van der Waals surface area contributed by atoms with E-state index in [1.807, 2.05) is 0 Å². The molecule has 0 saturated carbocycles. The number of aromatic nitrogens is 1. The van der Waals surface area contributed by atoms with Crippen molar-refractivity contribution in [3.05, 3.63) is 42.5 Å². The van der Waals surface area contributed by atoms with Gasteiger partial charge in [-0.25, -0.2) is 4.98 Å². The SMILES string of the molecule is COc1cccc(-c2nc3cc(NC(=O)C(F)(F)F)ccc3o2)c1. The number of carbonyl (C=O) groups excluding carboxylic acids is 1. The Morgan fingerprint density at radius 1 is 1.21 bits per heavy atom. The topological polar surface area (TPSA) is 64.4 Å². The fourth-order valence-corrected chi connectivity index (χ4v) is 2.09. The molecule has 0 unspecified atom stereocenters. The van der Waals surface area contributed by atoms with Gasteiger partial charge in [0, 0.05) is 11.3 Å². The Hall–Kier alpha value is -3.03. The van der Waals surface area contributed by atoms with E-state index in [1.54, 1.807) is 29.6 Å². The Labute approximate surface area is 134 Å². The highest BCUT2D eigenvalue weighted by Crippen LogP contribution is 2.28. The Kier molecular flexibility index (Phi) is 3.88. The van der Waals surface area contributed by atoms with Gasteiger partial charge in [0.1, 0.15) is 11.3 Å². The van der Waals surface area contributed by atoms with E-state index in [1.165, 1.54) is 25.3 Å². The zero-order valence-corrected chi connectivity index (χ0v) is 12.3. The average molecular weight is 336 g/mol. The maximum absolute atomic E-state index is 12.3. The first-order valence-electron chi connectivity index (χ1n) is 6.80. The number of nitrogens with one attached hydrogen (secondary N) is 1. The normalized spacial score (nSPS) is 11.5. The van der Waals surface area contributed by atoms with E-state index in [0.29, 0.717) is 28.3 Å². The van der Waals surface area contributed by atoms with Crippen LogP contribution in [0.2, 0.25) is 0 Å². The molecule has 5 nitrogen and oxygen atoms in total. The van der Waals surface area contributed by atoms with Crippen LogP contribution in [0.3, 0.4) is 0 Å². The number of oxazole rings is 1. The highest BCUT2D eigenvalue weighted by Gasteiger charge is 2.38. The highest BCUT2D eigenvalue weighted by molar-refractivity contribution is 5.96. The van der Waals surface area contributed by atoms with Crippen molar-refractivity contribution in [1.29, 1.82) is 0 Å². The Bertz CT molecular complexity index is 903. The summed E-state index contributed by atoms with van der Waals surface area (Å²) >= 11 is 0. The minimum atomic E-state index is -4.95. The lowest BCUT2D eigenvalue weighted by Gasteiger charge is -2.07. The average Bonchev–Trinajstić information content (AvgIpc) is 2.97. The predicted molar refractivity (Wildman–Crippen MR) is 80.7 cm³/mol. The number of nitrogens with zero attached hydrogens (tertiary/aromatic N) is 1. The molecule has 0 spiro atoms. The van der Waals surface area contributed by atoms with Crippen LogP contribution >= 0.6 is 0 Å². The fraction of sp³-hybridized carbons (Fsp3) is 0.125. The van der Waals surface area contributed by atoms with Gasteiger partial charge < -0.3 is 14.5 Å². The van der Waals surface area contributed by atoms with Gasteiger partial charge in [-0.05, 0) is 36.4 Å². The summed E-state index contributed by atoms with van der Waals surface area (Å²) in [6.07, 6.45) is -4.95. The monoisotopic (exact) mass is 336 g/mol. The molecule has 1 aromatic heterocycles. The van der Waals surface area contributed by atoms with E-state index in [4.69, 9.17) is 9.15 Å². The number of methoxy groups -OCH3 is 1. The van der Waals surface area contributed by atoms with Gasteiger partial charge in [-0.2, -0.15) is 13.2 Å². The summed E-state index contributed by atoms with van der Waals surface area (Å²) in [6.45, 7) is 0. The predicted octanol–water partition coefficient (Wildman–Crippen LogP) is 4.00. The third-order valence-electron chi connectivity index (χ3n) is 3.22. The summed E-state index contributed by atoms with van der Waals surface area (Å²) in [4.78, 5) is 15.2.